The van der Waals surface area contributed by atoms with E-state index in [0.29, 0.717) is 12.3 Å². The molecule has 2 N–H and O–H groups in total. The molecule has 1 heterocycles. The SMILES string of the molecule is CNCC(O)CS(=O)c1cccs1. The van der Waals surface area contributed by atoms with Crippen molar-refractivity contribution in [1.29, 1.82) is 0 Å². The van der Waals surface area contributed by atoms with Gasteiger partial charge < -0.3 is 10.4 Å². The van der Waals surface area contributed by atoms with Crippen molar-refractivity contribution in [3.8, 4) is 0 Å². The van der Waals surface area contributed by atoms with E-state index in [9.17, 15) is 9.32 Å². The van der Waals surface area contributed by atoms with Crippen molar-refractivity contribution in [2.75, 3.05) is 19.3 Å². The van der Waals surface area contributed by atoms with E-state index in [2.05, 4.69) is 5.32 Å². The Hall–Kier alpha value is -0.230. The maximum Gasteiger partial charge on any atom is 0.0911 e. The van der Waals surface area contributed by atoms with Crippen LogP contribution in [0.15, 0.2) is 21.7 Å². The summed E-state index contributed by atoms with van der Waals surface area (Å²) >= 11 is 1.46. The van der Waals surface area contributed by atoms with E-state index < -0.39 is 16.9 Å². The van der Waals surface area contributed by atoms with Crippen LogP contribution in [0.3, 0.4) is 0 Å². The van der Waals surface area contributed by atoms with Crippen molar-refractivity contribution in [2.24, 2.45) is 0 Å². The molecule has 2 unspecified atom stereocenters. The van der Waals surface area contributed by atoms with Gasteiger partial charge in [0, 0.05) is 6.54 Å². The van der Waals surface area contributed by atoms with Gasteiger partial charge in [0.2, 0.25) is 0 Å². The quantitative estimate of drug-likeness (QED) is 0.755. The van der Waals surface area contributed by atoms with E-state index in [0.717, 1.165) is 4.21 Å². The Kier molecular flexibility index (Phi) is 4.58. The van der Waals surface area contributed by atoms with Crippen molar-refractivity contribution in [2.45, 2.75) is 10.3 Å². The molecule has 0 aliphatic carbocycles. The molecular formula is C8H13NO2S2. The molecule has 0 aromatic carbocycles. The lowest BCUT2D eigenvalue weighted by molar-refractivity contribution is 0.198. The first-order chi connectivity index (χ1) is 6.24. The maximum atomic E-state index is 11.5. The third-order valence-electron chi connectivity index (χ3n) is 1.50. The lowest BCUT2D eigenvalue weighted by Gasteiger charge is -2.07. The van der Waals surface area contributed by atoms with Crippen LogP contribution in [0.1, 0.15) is 0 Å². The molecule has 0 saturated carbocycles. The molecule has 1 aromatic heterocycles. The molecule has 5 heteroatoms. The second kappa shape index (κ2) is 5.49. The number of likely N-dealkylation sites (N-methyl/N-ethyl adjacent to an activating group) is 1. The second-order valence-electron chi connectivity index (χ2n) is 2.66. The number of aliphatic hydroxyl groups is 1. The molecule has 0 radical (unpaired) electrons. The van der Waals surface area contributed by atoms with Gasteiger partial charge in [-0.25, -0.2) is 0 Å². The largest absolute Gasteiger partial charge is 0.391 e. The topological polar surface area (TPSA) is 49.3 Å². The summed E-state index contributed by atoms with van der Waals surface area (Å²) in [5.74, 6) is 0.307. The molecule has 0 aliphatic rings. The number of thiophene rings is 1. The summed E-state index contributed by atoms with van der Waals surface area (Å²) in [7, 11) is 0.706. The molecular weight excluding hydrogens is 206 g/mol. The minimum absolute atomic E-state index is 0.307. The summed E-state index contributed by atoms with van der Waals surface area (Å²) < 4.78 is 12.4. The zero-order chi connectivity index (χ0) is 9.68. The summed E-state index contributed by atoms with van der Waals surface area (Å²) in [5, 5.41) is 14.1. The van der Waals surface area contributed by atoms with E-state index >= 15 is 0 Å². The molecule has 0 bridgehead atoms. The summed E-state index contributed by atoms with van der Waals surface area (Å²) in [4.78, 5) is 0. The molecule has 74 valence electrons. The monoisotopic (exact) mass is 219 g/mol. The molecule has 1 aromatic rings. The number of hydrogen-bond donors (Lipinski definition) is 2. The molecule has 13 heavy (non-hydrogen) atoms. The number of nitrogens with one attached hydrogen (secondary N) is 1. The summed E-state index contributed by atoms with van der Waals surface area (Å²) in [5.41, 5.74) is 0. The Morgan fingerprint density at radius 3 is 3.08 bits per heavy atom. The fraction of sp³-hybridized carbons (Fsp3) is 0.500. The fourth-order valence-corrected chi connectivity index (χ4v) is 3.05. The number of rotatable bonds is 5. The number of hydrogen-bond acceptors (Lipinski definition) is 4. The van der Waals surface area contributed by atoms with Crippen LogP contribution in [-0.4, -0.2) is 34.8 Å². The Bertz CT molecular complexity index is 261. The van der Waals surface area contributed by atoms with Crippen LogP contribution in [0.4, 0.5) is 0 Å². The standard InChI is InChI=1S/C8H13NO2S2/c1-9-5-7(10)6-13(11)8-3-2-4-12-8/h2-4,7,9-10H,5-6H2,1H3. The van der Waals surface area contributed by atoms with Gasteiger partial charge in [0.1, 0.15) is 0 Å². The van der Waals surface area contributed by atoms with Crippen molar-refractivity contribution in [3.05, 3.63) is 17.5 Å². The Morgan fingerprint density at radius 2 is 2.54 bits per heavy atom. The zero-order valence-electron chi connectivity index (χ0n) is 7.40. The lowest BCUT2D eigenvalue weighted by atomic mass is 10.4. The molecule has 0 aliphatic heterocycles. The summed E-state index contributed by atoms with van der Waals surface area (Å²) in [6, 6.07) is 3.69. The van der Waals surface area contributed by atoms with Gasteiger partial charge in [0.25, 0.3) is 0 Å². The Labute approximate surface area is 84.2 Å². The average molecular weight is 219 g/mol. The molecule has 0 fully saturated rings. The van der Waals surface area contributed by atoms with Crippen LogP contribution in [0.5, 0.6) is 0 Å². The fourth-order valence-electron chi connectivity index (χ4n) is 0.944. The van der Waals surface area contributed by atoms with E-state index in [4.69, 9.17) is 0 Å². The van der Waals surface area contributed by atoms with Gasteiger partial charge in [-0.1, -0.05) is 6.07 Å². The highest BCUT2D eigenvalue weighted by molar-refractivity contribution is 7.87. The first-order valence-corrected chi connectivity index (χ1v) is 6.18. The minimum atomic E-state index is -1.06. The maximum absolute atomic E-state index is 11.5. The van der Waals surface area contributed by atoms with Crippen LogP contribution in [0.25, 0.3) is 0 Å². The van der Waals surface area contributed by atoms with Gasteiger partial charge in [0.05, 0.1) is 26.9 Å². The van der Waals surface area contributed by atoms with Crippen molar-refractivity contribution < 1.29 is 9.32 Å². The normalized spacial score (nSPS) is 15.5. The third-order valence-corrected chi connectivity index (χ3v) is 4.28. The summed E-state index contributed by atoms with van der Waals surface area (Å²) in [6.07, 6.45) is -0.534. The van der Waals surface area contributed by atoms with E-state index in [-0.39, 0.29) is 0 Å². The van der Waals surface area contributed by atoms with Crippen molar-refractivity contribution >= 4 is 22.1 Å². The van der Waals surface area contributed by atoms with Crippen molar-refractivity contribution in [3.63, 3.8) is 0 Å². The van der Waals surface area contributed by atoms with Crippen LogP contribution >= 0.6 is 11.3 Å². The molecule has 2 atom stereocenters. The first-order valence-electron chi connectivity index (χ1n) is 3.98. The zero-order valence-corrected chi connectivity index (χ0v) is 9.03. The minimum Gasteiger partial charge on any atom is -0.391 e. The molecule has 0 amide bonds. The van der Waals surface area contributed by atoms with E-state index in [1.807, 2.05) is 17.5 Å². The van der Waals surface area contributed by atoms with Gasteiger partial charge in [-0.05, 0) is 18.5 Å². The Balaban J connectivity index is 2.42. The smallest absolute Gasteiger partial charge is 0.0911 e. The van der Waals surface area contributed by atoms with Gasteiger partial charge in [-0.3, -0.25) is 4.21 Å². The van der Waals surface area contributed by atoms with Gasteiger partial charge in [-0.2, -0.15) is 0 Å². The van der Waals surface area contributed by atoms with Crippen LogP contribution in [-0.2, 0) is 10.8 Å². The molecule has 3 nitrogen and oxygen atoms in total. The molecule has 0 saturated heterocycles. The predicted molar refractivity (Wildman–Crippen MR) is 55.5 cm³/mol. The van der Waals surface area contributed by atoms with Crippen molar-refractivity contribution in [1.82, 2.24) is 5.32 Å². The number of aliphatic hydroxyl groups excluding tert-OH is 1. The van der Waals surface area contributed by atoms with Crippen LogP contribution < -0.4 is 5.32 Å². The first kappa shape index (κ1) is 10.8. The van der Waals surface area contributed by atoms with Gasteiger partial charge in [0.15, 0.2) is 0 Å². The highest BCUT2D eigenvalue weighted by atomic mass is 32.2. The second-order valence-corrected chi connectivity index (χ2v) is 5.33. The molecule has 0 spiro atoms. The van der Waals surface area contributed by atoms with E-state index in [1.54, 1.807) is 7.05 Å². The van der Waals surface area contributed by atoms with Crippen LogP contribution in [0, 0.1) is 0 Å². The van der Waals surface area contributed by atoms with Crippen LogP contribution in [0.2, 0.25) is 0 Å². The summed E-state index contributed by atoms with van der Waals surface area (Å²) in [6.45, 7) is 0.483. The predicted octanol–water partition coefficient (Wildman–Crippen LogP) is 0.436. The van der Waals surface area contributed by atoms with Gasteiger partial charge >= 0.3 is 0 Å². The highest BCUT2D eigenvalue weighted by Crippen LogP contribution is 2.14. The third kappa shape index (κ3) is 3.56. The average Bonchev–Trinajstić information content (AvgIpc) is 2.55. The highest BCUT2D eigenvalue weighted by Gasteiger charge is 2.10. The van der Waals surface area contributed by atoms with Gasteiger partial charge in [-0.15, -0.1) is 11.3 Å². The van der Waals surface area contributed by atoms with E-state index in [1.165, 1.54) is 11.3 Å². The lowest BCUT2D eigenvalue weighted by Crippen LogP contribution is -2.28. The molecule has 1 rings (SSSR count). The Morgan fingerprint density at radius 1 is 1.77 bits per heavy atom.